The van der Waals surface area contributed by atoms with Crippen LogP contribution in [-0.4, -0.2) is 36.2 Å². The molecule has 0 unspecified atom stereocenters. The van der Waals surface area contributed by atoms with Crippen LogP contribution in [0.15, 0.2) is 18.3 Å². The Balaban J connectivity index is 2.14. The molecule has 1 N–H and O–H groups in total. The summed E-state index contributed by atoms with van der Waals surface area (Å²) in [5.41, 5.74) is 0.299. The zero-order valence-corrected chi connectivity index (χ0v) is 11.0. The Bertz CT molecular complexity index is 567. The van der Waals surface area contributed by atoms with Gasteiger partial charge in [0.15, 0.2) is 0 Å². The third kappa shape index (κ3) is 3.62. The van der Waals surface area contributed by atoms with Crippen LogP contribution in [0.5, 0.6) is 0 Å². The van der Waals surface area contributed by atoms with Gasteiger partial charge in [0.2, 0.25) is 5.91 Å². The van der Waals surface area contributed by atoms with Gasteiger partial charge >= 0.3 is 6.18 Å². The Kier molecular flexibility index (Phi) is 4.31. The summed E-state index contributed by atoms with van der Waals surface area (Å²) in [4.78, 5) is 17.6. The van der Waals surface area contributed by atoms with Gasteiger partial charge in [-0.3, -0.25) is 4.79 Å². The molecule has 1 aromatic rings. The Labute approximate surface area is 119 Å². The molecule has 112 valence electrons. The molecular formula is C13H13F3N4O. The third-order valence-electron chi connectivity index (χ3n) is 3.20. The molecule has 0 bridgehead atoms. The molecule has 0 saturated carbocycles. The SMILES string of the molecule is N#Cc1cccnc1N1CCC[C@@H]1C(=O)NCC(F)(F)F. The first-order valence-corrected chi connectivity index (χ1v) is 6.38. The molecule has 1 aromatic heterocycles. The Morgan fingerprint density at radius 1 is 1.57 bits per heavy atom. The van der Waals surface area contributed by atoms with E-state index in [-0.39, 0.29) is 0 Å². The summed E-state index contributed by atoms with van der Waals surface area (Å²) in [5.74, 6) is -0.357. The number of nitrogens with one attached hydrogen (secondary N) is 1. The van der Waals surface area contributed by atoms with E-state index in [2.05, 4.69) is 4.98 Å². The molecule has 5 nitrogen and oxygen atoms in total. The topological polar surface area (TPSA) is 69.0 Å². The first-order chi connectivity index (χ1) is 9.92. The lowest BCUT2D eigenvalue weighted by Crippen LogP contribution is -2.46. The molecule has 0 aliphatic carbocycles. The van der Waals surface area contributed by atoms with Crippen molar-refractivity contribution in [2.24, 2.45) is 0 Å². The van der Waals surface area contributed by atoms with Crippen molar-refractivity contribution in [3.05, 3.63) is 23.9 Å². The van der Waals surface area contributed by atoms with Crippen molar-refractivity contribution in [1.82, 2.24) is 10.3 Å². The van der Waals surface area contributed by atoms with Crippen LogP contribution < -0.4 is 10.2 Å². The van der Waals surface area contributed by atoms with E-state index in [4.69, 9.17) is 5.26 Å². The predicted octanol–water partition coefficient (Wildman–Crippen LogP) is 1.60. The van der Waals surface area contributed by atoms with Crippen LogP contribution in [0.2, 0.25) is 0 Å². The van der Waals surface area contributed by atoms with Gasteiger partial charge in [0.1, 0.15) is 24.5 Å². The molecule has 0 aromatic carbocycles. The van der Waals surface area contributed by atoms with Crippen molar-refractivity contribution in [3.8, 4) is 6.07 Å². The van der Waals surface area contributed by atoms with Crippen molar-refractivity contribution in [3.63, 3.8) is 0 Å². The van der Waals surface area contributed by atoms with Gasteiger partial charge in [-0.05, 0) is 25.0 Å². The maximum atomic E-state index is 12.2. The molecule has 1 amide bonds. The van der Waals surface area contributed by atoms with Crippen molar-refractivity contribution in [2.75, 3.05) is 18.0 Å². The number of pyridine rings is 1. The van der Waals surface area contributed by atoms with Crippen LogP contribution in [0, 0.1) is 11.3 Å². The first-order valence-electron chi connectivity index (χ1n) is 6.38. The number of halogens is 3. The van der Waals surface area contributed by atoms with Gasteiger partial charge in [0, 0.05) is 12.7 Å². The number of alkyl halides is 3. The standard InChI is InChI=1S/C13H13F3N4O/c14-13(15,16)8-19-12(21)10-4-2-6-20(10)11-9(7-17)3-1-5-18-11/h1,3,5,10H,2,4,6,8H2,(H,19,21)/t10-/m1/s1. The zero-order chi connectivity index (χ0) is 15.5. The molecule has 1 atom stereocenters. The first kappa shape index (κ1) is 15.1. The van der Waals surface area contributed by atoms with Crippen LogP contribution in [-0.2, 0) is 4.79 Å². The molecular weight excluding hydrogens is 285 g/mol. The quantitative estimate of drug-likeness (QED) is 0.920. The fraction of sp³-hybridized carbons (Fsp3) is 0.462. The highest BCUT2D eigenvalue weighted by Crippen LogP contribution is 2.26. The van der Waals surface area contributed by atoms with E-state index < -0.39 is 24.7 Å². The molecule has 0 radical (unpaired) electrons. The van der Waals surface area contributed by atoms with E-state index in [1.807, 2.05) is 11.4 Å². The maximum absolute atomic E-state index is 12.2. The van der Waals surface area contributed by atoms with Gasteiger partial charge in [-0.1, -0.05) is 0 Å². The molecule has 0 spiro atoms. The van der Waals surface area contributed by atoms with E-state index in [1.165, 1.54) is 6.20 Å². The lowest BCUT2D eigenvalue weighted by atomic mass is 10.2. The highest BCUT2D eigenvalue weighted by Gasteiger charge is 2.35. The second kappa shape index (κ2) is 5.99. The number of hydrogen-bond acceptors (Lipinski definition) is 4. The van der Waals surface area contributed by atoms with Crippen molar-refractivity contribution >= 4 is 11.7 Å². The van der Waals surface area contributed by atoms with Crippen molar-refractivity contribution in [2.45, 2.75) is 25.1 Å². The van der Waals surface area contributed by atoms with Crippen LogP contribution >= 0.6 is 0 Å². The van der Waals surface area contributed by atoms with E-state index in [0.29, 0.717) is 30.8 Å². The number of nitrogens with zero attached hydrogens (tertiary/aromatic N) is 3. The summed E-state index contributed by atoms with van der Waals surface area (Å²) >= 11 is 0. The normalized spacial score (nSPS) is 18.4. The summed E-state index contributed by atoms with van der Waals surface area (Å²) in [5, 5.41) is 10.9. The predicted molar refractivity (Wildman–Crippen MR) is 68.4 cm³/mol. The number of hydrogen-bond donors (Lipinski definition) is 1. The smallest absolute Gasteiger partial charge is 0.345 e. The summed E-state index contributed by atoms with van der Waals surface area (Å²) in [7, 11) is 0. The van der Waals surface area contributed by atoms with E-state index in [1.54, 1.807) is 17.0 Å². The Morgan fingerprint density at radius 2 is 2.33 bits per heavy atom. The second-order valence-corrected chi connectivity index (χ2v) is 4.67. The summed E-state index contributed by atoms with van der Waals surface area (Å²) in [6, 6.07) is 4.40. The van der Waals surface area contributed by atoms with Gasteiger partial charge in [-0.15, -0.1) is 0 Å². The lowest BCUT2D eigenvalue weighted by Gasteiger charge is -2.25. The highest BCUT2D eigenvalue weighted by molar-refractivity contribution is 5.86. The average Bonchev–Trinajstić information content (AvgIpc) is 2.93. The summed E-state index contributed by atoms with van der Waals surface area (Å²) in [6.45, 7) is -0.876. The number of nitriles is 1. The zero-order valence-electron chi connectivity index (χ0n) is 11.0. The molecule has 1 aliphatic rings. The van der Waals surface area contributed by atoms with Gasteiger partial charge in [0.05, 0.1) is 5.56 Å². The maximum Gasteiger partial charge on any atom is 0.405 e. The fourth-order valence-electron chi connectivity index (χ4n) is 2.31. The van der Waals surface area contributed by atoms with Gasteiger partial charge in [-0.2, -0.15) is 18.4 Å². The van der Waals surface area contributed by atoms with Crippen molar-refractivity contribution in [1.29, 1.82) is 5.26 Å². The van der Waals surface area contributed by atoms with Crippen LogP contribution in [0.25, 0.3) is 0 Å². The molecule has 1 saturated heterocycles. The number of carbonyl (C=O) groups is 1. The minimum atomic E-state index is -4.44. The van der Waals surface area contributed by atoms with Crippen molar-refractivity contribution < 1.29 is 18.0 Å². The summed E-state index contributed by atoms with van der Waals surface area (Å²) in [6.07, 6.45) is -1.86. The fourth-order valence-corrected chi connectivity index (χ4v) is 2.31. The van der Waals surface area contributed by atoms with Crippen LogP contribution in [0.3, 0.4) is 0 Å². The van der Waals surface area contributed by atoms with Crippen LogP contribution in [0.1, 0.15) is 18.4 Å². The second-order valence-electron chi connectivity index (χ2n) is 4.67. The average molecular weight is 298 g/mol. The molecule has 2 heterocycles. The molecule has 8 heteroatoms. The largest absolute Gasteiger partial charge is 0.405 e. The van der Waals surface area contributed by atoms with Gasteiger partial charge in [0.25, 0.3) is 0 Å². The van der Waals surface area contributed by atoms with E-state index in [9.17, 15) is 18.0 Å². The number of carbonyl (C=O) groups excluding carboxylic acids is 1. The molecule has 1 aliphatic heterocycles. The van der Waals surface area contributed by atoms with Gasteiger partial charge in [-0.25, -0.2) is 4.98 Å². The third-order valence-corrected chi connectivity index (χ3v) is 3.20. The molecule has 1 fully saturated rings. The molecule has 21 heavy (non-hydrogen) atoms. The Hall–Kier alpha value is -2.30. The summed E-state index contributed by atoms with van der Waals surface area (Å²) < 4.78 is 36.5. The van der Waals surface area contributed by atoms with E-state index in [0.717, 1.165) is 0 Å². The number of rotatable bonds is 3. The molecule has 2 rings (SSSR count). The van der Waals surface area contributed by atoms with Crippen LogP contribution in [0.4, 0.5) is 19.0 Å². The lowest BCUT2D eigenvalue weighted by molar-refractivity contribution is -0.139. The minimum absolute atomic E-state index is 0.299. The number of aromatic nitrogens is 1. The monoisotopic (exact) mass is 298 g/mol. The highest BCUT2D eigenvalue weighted by atomic mass is 19.4. The number of amides is 1. The van der Waals surface area contributed by atoms with Gasteiger partial charge < -0.3 is 10.2 Å². The minimum Gasteiger partial charge on any atom is -0.345 e. The van der Waals surface area contributed by atoms with E-state index >= 15 is 0 Å². The number of anilines is 1. The Morgan fingerprint density at radius 3 is 3.00 bits per heavy atom.